The van der Waals surface area contributed by atoms with Gasteiger partial charge in [-0.25, -0.2) is 0 Å². The van der Waals surface area contributed by atoms with Crippen LogP contribution in [-0.4, -0.2) is 46.8 Å². The Morgan fingerprint density at radius 2 is 1.90 bits per heavy atom. The van der Waals surface area contributed by atoms with Crippen LogP contribution < -0.4 is 15.5 Å². The number of anilines is 2. The molecule has 0 aliphatic carbocycles. The Kier molecular flexibility index (Phi) is 7.50. The number of ether oxygens (including phenoxy) is 1. The number of carbonyl (C=O) groups is 1. The number of nitrogens with one attached hydrogen (secondary N) is 2. The van der Waals surface area contributed by atoms with Crippen LogP contribution in [0.1, 0.15) is 12.8 Å². The van der Waals surface area contributed by atoms with E-state index in [-0.39, 0.29) is 5.91 Å². The van der Waals surface area contributed by atoms with Gasteiger partial charge in [-0.1, -0.05) is 0 Å². The van der Waals surface area contributed by atoms with Crippen LogP contribution in [0.15, 0.2) is 24.3 Å². The molecule has 0 radical (unpaired) electrons. The lowest BCUT2D eigenvalue weighted by Crippen LogP contribution is -2.26. The Morgan fingerprint density at radius 3 is 2.50 bits per heavy atom. The van der Waals surface area contributed by atoms with Crippen molar-refractivity contribution < 1.29 is 9.53 Å². The topological polar surface area (TPSA) is 53.6 Å². The van der Waals surface area contributed by atoms with Crippen LogP contribution in [0.4, 0.5) is 11.4 Å². The Bertz CT molecular complexity index is 391. The van der Waals surface area contributed by atoms with E-state index >= 15 is 0 Å². The van der Waals surface area contributed by atoms with Crippen LogP contribution in [-0.2, 0) is 9.53 Å². The van der Waals surface area contributed by atoms with Crippen molar-refractivity contribution in [1.29, 1.82) is 0 Å². The standard InChI is InChI=1S/C15H25N3O2/c1-18(2)14-7-5-13(6-8-14)16-11-9-15(19)17-10-4-12-20-3/h5-8,16H,4,9-12H2,1-3H3,(H,17,19). The highest BCUT2D eigenvalue weighted by Gasteiger charge is 2.00. The number of nitrogens with zero attached hydrogens (tertiary/aromatic N) is 1. The Balaban J connectivity index is 2.18. The van der Waals surface area contributed by atoms with Gasteiger partial charge < -0.3 is 20.3 Å². The van der Waals surface area contributed by atoms with E-state index in [0.29, 0.717) is 26.1 Å². The number of hydrogen-bond acceptors (Lipinski definition) is 4. The van der Waals surface area contributed by atoms with Crippen molar-refractivity contribution in [1.82, 2.24) is 5.32 Å². The zero-order valence-electron chi connectivity index (χ0n) is 12.6. The molecule has 1 amide bonds. The molecule has 0 aliphatic rings. The molecule has 0 saturated heterocycles. The lowest BCUT2D eigenvalue weighted by molar-refractivity contribution is -0.120. The molecule has 0 spiro atoms. The SMILES string of the molecule is COCCCNC(=O)CCNc1ccc(N(C)C)cc1. The van der Waals surface area contributed by atoms with Crippen LogP contribution in [0.3, 0.4) is 0 Å². The van der Waals surface area contributed by atoms with Crippen LogP contribution in [0.5, 0.6) is 0 Å². The summed E-state index contributed by atoms with van der Waals surface area (Å²) in [6.45, 7) is 1.98. The normalized spacial score (nSPS) is 10.2. The third-order valence-corrected chi connectivity index (χ3v) is 2.91. The van der Waals surface area contributed by atoms with Crippen molar-refractivity contribution in [3.8, 4) is 0 Å². The molecule has 1 aromatic rings. The summed E-state index contributed by atoms with van der Waals surface area (Å²) in [6.07, 6.45) is 1.32. The summed E-state index contributed by atoms with van der Waals surface area (Å²) in [5, 5.41) is 6.10. The molecule has 1 aromatic carbocycles. The van der Waals surface area contributed by atoms with E-state index in [4.69, 9.17) is 4.74 Å². The van der Waals surface area contributed by atoms with Gasteiger partial charge in [0.05, 0.1) is 0 Å². The Morgan fingerprint density at radius 1 is 1.20 bits per heavy atom. The van der Waals surface area contributed by atoms with Gasteiger partial charge in [-0.3, -0.25) is 4.79 Å². The summed E-state index contributed by atoms with van der Waals surface area (Å²) in [5.74, 6) is 0.0681. The first-order valence-electron chi connectivity index (χ1n) is 6.90. The van der Waals surface area contributed by atoms with Crippen molar-refractivity contribution >= 4 is 17.3 Å². The smallest absolute Gasteiger partial charge is 0.221 e. The van der Waals surface area contributed by atoms with E-state index in [1.807, 2.05) is 38.4 Å². The first kappa shape index (κ1) is 16.3. The van der Waals surface area contributed by atoms with Gasteiger partial charge >= 0.3 is 0 Å². The fourth-order valence-corrected chi connectivity index (χ4v) is 1.73. The molecule has 0 atom stereocenters. The number of rotatable bonds is 9. The average Bonchev–Trinajstić information content (AvgIpc) is 2.44. The highest BCUT2D eigenvalue weighted by atomic mass is 16.5. The lowest BCUT2D eigenvalue weighted by atomic mass is 10.2. The van der Waals surface area contributed by atoms with Crippen molar-refractivity contribution in [2.75, 3.05) is 51.1 Å². The molecule has 5 nitrogen and oxygen atoms in total. The molecular weight excluding hydrogens is 254 g/mol. The minimum atomic E-state index is 0.0681. The molecule has 0 bridgehead atoms. The van der Waals surface area contributed by atoms with Gasteiger partial charge in [-0.05, 0) is 30.7 Å². The molecule has 1 rings (SSSR count). The van der Waals surface area contributed by atoms with E-state index in [1.54, 1.807) is 7.11 Å². The van der Waals surface area contributed by atoms with Crippen molar-refractivity contribution in [2.24, 2.45) is 0 Å². The van der Waals surface area contributed by atoms with Gasteiger partial charge in [0.2, 0.25) is 5.91 Å². The molecule has 0 unspecified atom stereocenters. The minimum absolute atomic E-state index is 0.0681. The second kappa shape index (κ2) is 9.20. The summed E-state index contributed by atoms with van der Waals surface area (Å²) in [6, 6.07) is 8.14. The summed E-state index contributed by atoms with van der Waals surface area (Å²) in [4.78, 5) is 13.6. The Hall–Kier alpha value is -1.75. The summed E-state index contributed by atoms with van der Waals surface area (Å²) in [7, 11) is 5.68. The molecule has 20 heavy (non-hydrogen) atoms. The maximum atomic E-state index is 11.5. The van der Waals surface area contributed by atoms with Gasteiger partial charge in [-0.15, -0.1) is 0 Å². The van der Waals surface area contributed by atoms with Gasteiger partial charge in [0.25, 0.3) is 0 Å². The molecule has 112 valence electrons. The molecule has 2 N–H and O–H groups in total. The second-order valence-corrected chi connectivity index (χ2v) is 4.81. The van der Waals surface area contributed by atoms with E-state index in [9.17, 15) is 4.79 Å². The van der Waals surface area contributed by atoms with Gasteiger partial charge in [0.15, 0.2) is 0 Å². The van der Waals surface area contributed by atoms with E-state index in [0.717, 1.165) is 17.8 Å². The monoisotopic (exact) mass is 279 g/mol. The molecule has 0 fully saturated rings. The lowest BCUT2D eigenvalue weighted by Gasteiger charge is -2.13. The molecular formula is C15H25N3O2. The maximum Gasteiger partial charge on any atom is 0.221 e. The molecule has 0 saturated carbocycles. The number of benzene rings is 1. The third-order valence-electron chi connectivity index (χ3n) is 2.91. The van der Waals surface area contributed by atoms with E-state index in [2.05, 4.69) is 15.5 Å². The highest BCUT2D eigenvalue weighted by molar-refractivity contribution is 5.76. The number of methoxy groups -OCH3 is 1. The minimum Gasteiger partial charge on any atom is -0.385 e. The van der Waals surface area contributed by atoms with E-state index in [1.165, 1.54) is 0 Å². The predicted octanol–water partition coefficient (Wildman–Crippen LogP) is 1.71. The molecule has 0 heterocycles. The summed E-state index contributed by atoms with van der Waals surface area (Å²) >= 11 is 0. The zero-order chi connectivity index (χ0) is 14.8. The van der Waals surface area contributed by atoms with Crippen LogP contribution in [0, 0.1) is 0 Å². The van der Waals surface area contributed by atoms with E-state index < -0.39 is 0 Å². The fraction of sp³-hybridized carbons (Fsp3) is 0.533. The zero-order valence-corrected chi connectivity index (χ0v) is 12.6. The first-order valence-corrected chi connectivity index (χ1v) is 6.90. The molecule has 0 aromatic heterocycles. The maximum absolute atomic E-state index is 11.5. The van der Waals surface area contributed by atoms with Crippen LogP contribution in [0.2, 0.25) is 0 Å². The third kappa shape index (κ3) is 6.43. The number of hydrogen-bond donors (Lipinski definition) is 2. The average molecular weight is 279 g/mol. The molecule has 5 heteroatoms. The van der Waals surface area contributed by atoms with Crippen LogP contribution >= 0.6 is 0 Å². The quantitative estimate of drug-likeness (QED) is 0.676. The predicted molar refractivity (Wildman–Crippen MR) is 83.4 cm³/mol. The van der Waals surface area contributed by atoms with Crippen LogP contribution in [0.25, 0.3) is 0 Å². The van der Waals surface area contributed by atoms with Crippen molar-refractivity contribution in [3.63, 3.8) is 0 Å². The molecule has 0 aliphatic heterocycles. The second-order valence-electron chi connectivity index (χ2n) is 4.81. The van der Waals surface area contributed by atoms with Crippen molar-refractivity contribution in [3.05, 3.63) is 24.3 Å². The van der Waals surface area contributed by atoms with Gasteiger partial charge in [0.1, 0.15) is 0 Å². The summed E-state index contributed by atoms with van der Waals surface area (Å²) in [5.41, 5.74) is 2.19. The Labute approximate surface area is 121 Å². The number of carbonyl (C=O) groups excluding carboxylic acids is 1. The summed E-state index contributed by atoms with van der Waals surface area (Å²) < 4.78 is 4.92. The first-order chi connectivity index (χ1) is 9.63. The number of amides is 1. The van der Waals surface area contributed by atoms with Crippen molar-refractivity contribution in [2.45, 2.75) is 12.8 Å². The van der Waals surface area contributed by atoms with Gasteiger partial charge in [-0.2, -0.15) is 0 Å². The largest absolute Gasteiger partial charge is 0.385 e. The fourth-order valence-electron chi connectivity index (χ4n) is 1.73. The highest BCUT2D eigenvalue weighted by Crippen LogP contribution is 2.15. The van der Waals surface area contributed by atoms with Gasteiger partial charge in [0, 0.05) is 58.7 Å².